The Morgan fingerprint density at radius 2 is 2.32 bits per heavy atom. The van der Waals surface area contributed by atoms with Crippen molar-refractivity contribution < 1.29 is 0 Å². The molecule has 3 rings (SSSR count). The number of pyridine rings is 1. The molecule has 0 bridgehead atoms. The average molecular weight is 337 g/mol. The molecule has 118 valence electrons. The van der Waals surface area contributed by atoms with E-state index in [1.54, 1.807) is 11.3 Å². The van der Waals surface area contributed by atoms with E-state index in [1.165, 1.54) is 16.9 Å². The summed E-state index contributed by atoms with van der Waals surface area (Å²) in [5.74, 6) is 0.627. The Bertz CT molecular complexity index is 603. The van der Waals surface area contributed by atoms with E-state index in [1.807, 2.05) is 24.7 Å². The molecule has 1 saturated heterocycles. The van der Waals surface area contributed by atoms with Gasteiger partial charge in [0.2, 0.25) is 0 Å². The van der Waals surface area contributed by atoms with Crippen LogP contribution in [0.4, 0.5) is 0 Å². The van der Waals surface area contributed by atoms with E-state index < -0.39 is 0 Å². The molecule has 22 heavy (non-hydrogen) atoms. The van der Waals surface area contributed by atoms with Gasteiger partial charge in [0, 0.05) is 42.6 Å². The molecule has 1 aliphatic heterocycles. The van der Waals surface area contributed by atoms with Crippen molar-refractivity contribution in [1.29, 1.82) is 0 Å². The number of aromatic nitrogens is 2. The first-order valence-corrected chi connectivity index (χ1v) is 8.72. The number of nitrogens with zero attached hydrogens (tertiary/aromatic N) is 4. The zero-order valence-electron chi connectivity index (χ0n) is 12.9. The van der Waals surface area contributed by atoms with Crippen LogP contribution in [0.2, 0.25) is 4.47 Å². The van der Waals surface area contributed by atoms with Crippen molar-refractivity contribution in [2.45, 2.75) is 19.0 Å². The summed E-state index contributed by atoms with van der Waals surface area (Å²) in [7, 11) is 4.38. The van der Waals surface area contributed by atoms with E-state index in [2.05, 4.69) is 39.9 Å². The Labute approximate surface area is 140 Å². The predicted molar refractivity (Wildman–Crippen MR) is 91.2 cm³/mol. The second-order valence-electron chi connectivity index (χ2n) is 6.04. The Morgan fingerprint density at radius 1 is 1.45 bits per heavy atom. The molecule has 2 aromatic heterocycles. The Balaban J connectivity index is 1.65. The van der Waals surface area contributed by atoms with Gasteiger partial charge in [0.1, 0.15) is 0 Å². The number of thiazole rings is 1. The number of likely N-dealkylation sites (tertiary alicyclic amines) is 1. The molecule has 2 aromatic rings. The minimum absolute atomic E-state index is 0.459. The second-order valence-corrected chi connectivity index (χ2v) is 7.73. The van der Waals surface area contributed by atoms with Crippen LogP contribution in [0.15, 0.2) is 30.7 Å². The van der Waals surface area contributed by atoms with Gasteiger partial charge in [-0.15, -0.1) is 11.3 Å². The molecule has 6 heteroatoms. The first-order chi connectivity index (χ1) is 10.6. The van der Waals surface area contributed by atoms with Gasteiger partial charge in [-0.1, -0.05) is 17.7 Å². The first kappa shape index (κ1) is 15.9. The smallest absolute Gasteiger partial charge is 0.183 e. The normalized spacial score (nSPS) is 22.5. The maximum atomic E-state index is 5.91. The van der Waals surface area contributed by atoms with Gasteiger partial charge < -0.3 is 4.90 Å². The summed E-state index contributed by atoms with van der Waals surface area (Å²) in [4.78, 5) is 14.4. The van der Waals surface area contributed by atoms with Crippen LogP contribution in [0.3, 0.4) is 0 Å². The third kappa shape index (κ3) is 3.66. The highest BCUT2D eigenvalue weighted by Gasteiger charge is 2.33. The fraction of sp³-hybridized carbons (Fsp3) is 0.500. The van der Waals surface area contributed by atoms with Crippen LogP contribution in [0, 0.1) is 5.92 Å². The summed E-state index contributed by atoms with van der Waals surface area (Å²) in [6.07, 6.45) is 6.95. The largest absolute Gasteiger partial charge is 0.301 e. The van der Waals surface area contributed by atoms with Crippen LogP contribution >= 0.6 is 22.9 Å². The topological polar surface area (TPSA) is 32.3 Å². The van der Waals surface area contributed by atoms with Gasteiger partial charge in [0.25, 0.3) is 0 Å². The average Bonchev–Trinajstić information content (AvgIpc) is 3.06. The zero-order chi connectivity index (χ0) is 15.5. The fourth-order valence-corrected chi connectivity index (χ4v) is 4.44. The van der Waals surface area contributed by atoms with E-state index in [4.69, 9.17) is 11.6 Å². The minimum atomic E-state index is 0.459. The molecule has 1 aliphatic rings. The van der Waals surface area contributed by atoms with E-state index in [-0.39, 0.29) is 0 Å². The standard InChI is InChI=1S/C16H21ClN4S/c1-20(11-14-9-19-16(17)22-14)10-13-5-7-21(2)15(13)12-4-3-6-18-8-12/h3-4,6,8-9,13,15H,5,7,10-11H2,1-2H3/t13-,15-/m0/s1. The number of halogens is 1. The van der Waals surface area contributed by atoms with E-state index in [9.17, 15) is 0 Å². The van der Waals surface area contributed by atoms with Gasteiger partial charge in [0.05, 0.1) is 0 Å². The maximum absolute atomic E-state index is 5.91. The molecule has 0 spiro atoms. The summed E-state index contributed by atoms with van der Waals surface area (Å²) < 4.78 is 0.622. The number of hydrogen-bond acceptors (Lipinski definition) is 5. The van der Waals surface area contributed by atoms with Crippen LogP contribution < -0.4 is 0 Å². The van der Waals surface area contributed by atoms with Gasteiger partial charge in [0.15, 0.2) is 4.47 Å². The summed E-state index contributed by atoms with van der Waals surface area (Å²) in [6, 6.07) is 4.68. The van der Waals surface area contributed by atoms with Gasteiger partial charge in [-0.3, -0.25) is 9.88 Å². The molecule has 0 N–H and O–H groups in total. The van der Waals surface area contributed by atoms with Gasteiger partial charge in [-0.25, -0.2) is 4.98 Å². The Morgan fingerprint density at radius 3 is 3.00 bits per heavy atom. The van der Waals surface area contributed by atoms with Crippen LogP contribution in [-0.4, -0.2) is 47.0 Å². The molecule has 0 aromatic carbocycles. The lowest BCUT2D eigenvalue weighted by Gasteiger charge is -2.28. The molecule has 1 fully saturated rings. The molecule has 0 radical (unpaired) electrons. The number of hydrogen-bond donors (Lipinski definition) is 0. The zero-order valence-corrected chi connectivity index (χ0v) is 14.5. The SMILES string of the molecule is CN(Cc1cnc(Cl)s1)C[C@@H]1CCN(C)[C@H]1c1cccnc1. The van der Waals surface area contributed by atoms with Crippen molar-refractivity contribution in [2.75, 3.05) is 27.2 Å². The quantitative estimate of drug-likeness (QED) is 0.838. The van der Waals surface area contributed by atoms with Crippen molar-refractivity contribution in [3.63, 3.8) is 0 Å². The van der Waals surface area contributed by atoms with Crippen LogP contribution in [0.25, 0.3) is 0 Å². The van der Waals surface area contributed by atoms with E-state index >= 15 is 0 Å². The fourth-order valence-electron chi connectivity index (χ4n) is 3.38. The molecule has 0 saturated carbocycles. The highest BCUT2D eigenvalue weighted by molar-refractivity contribution is 7.15. The maximum Gasteiger partial charge on any atom is 0.183 e. The molecule has 4 nitrogen and oxygen atoms in total. The van der Waals surface area contributed by atoms with Gasteiger partial charge >= 0.3 is 0 Å². The van der Waals surface area contributed by atoms with Crippen molar-refractivity contribution >= 4 is 22.9 Å². The van der Waals surface area contributed by atoms with Crippen molar-refractivity contribution in [2.24, 2.45) is 5.92 Å². The third-order valence-electron chi connectivity index (χ3n) is 4.30. The van der Waals surface area contributed by atoms with Crippen LogP contribution in [-0.2, 0) is 6.54 Å². The Kier molecular flexibility index (Phi) is 5.08. The summed E-state index contributed by atoms with van der Waals surface area (Å²) in [5, 5.41) is 0. The van der Waals surface area contributed by atoms with Gasteiger partial charge in [-0.2, -0.15) is 0 Å². The lowest BCUT2D eigenvalue weighted by Crippen LogP contribution is -2.29. The van der Waals surface area contributed by atoms with Crippen LogP contribution in [0.5, 0.6) is 0 Å². The minimum Gasteiger partial charge on any atom is -0.301 e. The molecule has 2 atom stereocenters. The second kappa shape index (κ2) is 7.04. The summed E-state index contributed by atoms with van der Waals surface area (Å²) in [6.45, 7) is 3.12. The van der Waals surface area contributed by atoms with Crippen molar-refractivity contribution in [3.05, 3.63) is 45.6 Å². The molecule has 0 amide bonds. The third-order valence-corrected chi connectivity index (χ3v) is 5.40. The molecule has 0 unspecified atom stereocenters. The highest BCUT2D eigenvalue weighted by Crippen LogP contribution is 2.36. The summed E-state index contributed by atoms with van der Waals surface area (Å²) in [5.41, 5.74) is 1.32. The van der Waals surface area contributed by atoms with Crippen LogP contribution in [0.1, 0.15) is 22.9 Å². The van der Waals surface area contributed by atoms with Crippen molar-refractivity contribution in [3.8, 4) is 0 Å². The summed E-state index contributed by atoms with van der Waals surface area (Å²) >= 11 is 7.48. The van der Waals surface area contributed by atoms with Crippen molar-refractivity contribution in [1.82, 2.24) is 19.8 Å². The molecular formula is C16H21ClN4S. The molecule has 0 aliphatic carbocycles. The number of rotatable bonds is 5. The lowest BCUT2D eigenvalue weighted by molar-refractivity contribution is 0.214. The highest BCUT2D eigenvalue weighted by atomic mass is 35.5. The van der Waals surface area contributed by atoms with E-state index in [0.29, 0.717) is 16.4 Å². The monoisotopic (exact) mass is 336 g/mol. The Hall–Kier alpha value is -1.01. The lowest BCUT2D eigenvalue weighted by atomic mass is 9.94. The van der Waals surface area contributed by atoms with E-state index in [0.717, 1.165) is 19.6 Å². The first-order valence-electron chi connectivity index (χ1n) is 7.52. The van der Waals surface area contributed by atoms with Gasteiger partial charge in [-0.05, 0) is 44.6 Å². The predicted octanol–water partition coefficient (Wildman–Crippen LogP) is 3.32. The molecule has 3 heterocycles. The molecular weight excluding hydrogens is 316 g/mol.